The van der Waals surface area contributed by atoms with E-state index in [-0.39, 0.29) is 5.91 Å². The van der Waals surface area contributed by atoms with E-state index in [2.05, 4.69) is 10.2 Å². The van der Waals surface area contributed by atoms with Crippen LogP contribution in [0.3, 0.4) is 0 Å². The molecule has 0 atom stereocenters. The van der Waals surface area contributed by atoms with Gasteiger partial charge >= 0.3 is 0 Å². The van der Waals surface area contributed by atoms with Crippen LogP contribution in [0.2, 0.25) is 5.02 Å². The molecule has 0 bridgehead atoms. The molecular weight excluding hydrogens is 320 g/mol. The summed E-state index contributed by atoms with van der Waals surface area (Å²) in [5.74, 6) is -0.0322. The zero-order valence-electron chi connectivity index (χ0n) is 12.0. The van der Waals surface area contributed by atoms with Crippen LogP contribution >= 0.6 is 22.9 Å². The van der Waals surface area contributed by atoms with E-state index in [1.54, 1.807) is 11.3 Å². The molecule has 0 saturated carbocycles. The summed E-state index contributed by atoms with van der Waals surface area (Å²) in [6.45, 7) is 2.90. The van der Waals surface area contributed by atoms with Gasteiger partial charge in [-0.25, -0.2) is 0 Å². The van der Waals surface area contributed by atoms with Gasteiger partial charge in [0, 0.05) is 13.1 Å². The first-order valence-electron chi connectivity index (χ1n) is 7.16. The molecular formula is C16H17ClN2O2S. The highest BCUT2D eigenvalue weighted by Gasteiger charge is 2.19. The lowest BCUT2D eigenvalue weighted by atomic mass is 10.2. The van der Waals surface area contributed by atoms with Crippen molar-refractivity contribution in [3.05, 3.63) is 45.6 Å². The molecule has 1 N–H and O–H groups in total. The number of nitrogens with one attached hydrogen (secondary N) is 1. The quantitative estimate of drug-likeness (QED) is 0.930. The Hall–Kier alpha value is -1.56. The largest absolute Gasteiger partial charge is 0.378 e. The second kappa shape index (κ2) is 7.13. The van der Waals surface area contributed by atoms with Crippen molar-refractivity contribution < 1.29 is 9.53 Å². The first-order chi connectivity index (χ1) is 10.7. The van der Waals surface area contributed by atoms with Gasteiger partial charge in [0.15, 0.2) is 0 Å². The number of halogens is 1. The highest BCUT2D eigenvalue weighted by atomic mass is 35.5. The van der Waals surface area contributed by atoms with E-state index in [1.165, 1.54) is 0 Å². The van der Waals surface area contributed by atoms with E-state index in [0.717, 1.165) is 30.0 Å². The third kappa shape index (κ3) is 3.61. The van der Waals surface area contributed by atoms with Gasteiger partial charge in [-0.05, 0) is 34.5 Å². The highest BCUT2D eigenvalue weighted by molar-refractivity contribution is 7.08. The number of para-hydroxylation sites is 1. The second-order valence-electron chi connectivity index (χ2n) is 5.09. The molecule has 2 heterocycles. The number of morpholine rings is 1. The number of amides is 1. The summed E-state index contributed by atoms with van der Waals surface area (Å²) in [7, 11) is 0. The normalized spacial score (nSPS) is 14.9. The molecule has 0 unspecified atom stereocenters. The number of rotatable bonds is 4. The number of carbonyl (C=O) groups is 1. The molecule has 2 aromatic rings. The van der Waals surface area contributed by atoms with Gasteiger partial charge in [0.05, 0.1) is 36.0 Å². The van der Waals surface area contributed by atoms with Crippen LogP contribution in [0.5, 0.6) is 0 Å². The summed E-state index contributed by atoms with van der Waals surface area (Å²) < 4.78 is 5.38. The first kappa shape index (κ1) is 15.3. The molecule has 0 radical (unpaired) electrons. The third-order valence-electron chi connectivity index (χ3n) is 3.53. The minimum atomic E-state index is -0.0322. The molecule has 6 heteroatoms. The first-order valence-corrected chi connectivity index (χ1v) is 8.48. The van der Waals surface area contributed by atoms with Crippen molar-refractivity contribution in [3.63, 3.8) is 0 Å². The van der Waals surface area contributed by atoms with Gasteiger partial charge in [-0.15, -0.1) is 0 Å². The van der Waals surface area contributed by atoms with E-state index in [1.807, 2.05) is 35.0 Å². The monoisotopic (exact) mass is 336 g/mol. The van der Waals surface area contributed by atoms with Crippen LogP contribution in [0.15, 0.2) is 35.0 Å². The summed E-state index contributed by atoms with van der Waals surface area (Å²) in [6, 6.07) is 7.56. The zero-order chi connectivity index (χ0) is 15.4. The van der Waals surface area contributed by atoms with Gasteiger partial charge < -0.3 is 15.0 Å². The number of carbonyl (C=O) groups excluding carboxylic acids is 1. The van der Waals surface area contributed by atoms with E-state index in [4.69, 9.17) is 16.3 Å². The van der Waals surface area contributed by atoms with Gasteiger partial charge in [-0.2, -0.15) is 11.3 Å². The second-order valence-corrected chi connectivity index (χ2v) is 6.28. The van der Waals surface area contributed by atoms with Crippen molar-refractivity contribution in [1.82, 2.24) is 0 Å². The van der Waals surface area contributed by atoms with Gasteiger partial charge in [0.25, 0.3) is 0 Å². The fourth-order valence-electron chi connectivity index (χ4n) is 2.50. The Morgan fingerprint density at radius 2 is 2.14 bits per heavy atom. The van der Waals surface area contributed by atoms with Crippen molar-refractivity contribution >= 4 is 40.2 Å². The fraction of sp³-hybridized carbons (Fsp3) is 0.312. The predicted octanol–water partition coefficient (Wildman–Crippen LogP) is 3.42. The van der Waals surface area contributed by atoms with Crippen LogP contribution in [0.4, 0.5) is 11.4 Å². The molecule has 1 aromatic carbocycles. The summed E-state index contributed by atoms with van der Waals surface area (Å²) in [5.41, 5.74) is 2.67. The maximum absolute atomic E-state index is 12.2. The molecule has 22 heavy (non-hydrogen) atoms. The van der Waals surface area contributed by atoms with E-state index < -0.39 is 0 Å². The number of ether oxygens (including phenoxy) is 1. The molecule has 116 valence electrons. The predicted molar refractivity (Wildman–Crippen MR) is 91.1 cm³/mol. The van der Waals surface area contributed by atoms with Gasteiger partial charge in [0.2, 0.25) is 5.91 Å². The van der Waals surface area contributed by atoms with E-state index in [9.17, 15) is 4.79 Å². The minimum Gasteiger partial charge on any atom is -0.378 e. The van der Waals surface area contributed by atoms with Crippen molar-refractivity contribution in [1.29, 1.82) is 0 Å². The number of benzene rings is 1. The molecule has 1 amide bonds. The van der Waals surface area contributed by atoms with Gasteiger partial charge in [-0.3, -0.25) is 4.79 Å². The molecule has 0 spiro atoms. The molecule has 1 aromatic heterocycles. The zero-order valence-corrected chi connectivity index (χ0v) is 13.6. The molecule has 1 aliphatic rings. The van der Waals surface area contributed by atoms with Crippen molar-refractivity contribution in [2.45, 2.75) is 6.42 Å². The van der Waals surface area contributed by atoms with Crippen LogP contribution < -0.4 is 10.2 Å². The van der Waals surface area contributed by atoms with Crippen LogP contribution in [-0.4, -0.2) is 32.2 Å². The molecule has 0 aliphatic carbocycles. The maximum atomic E-state index is 12.2. The van der Waals surface area contributed by atoms with Crippen molar-refractivity contribution in [2.24, 2.45) is 0 Å². The molecule has 3 rings (SSSR count). The molecule has 1 saturated heterocycles. The van der Waals surface area contributed by atoms with Crippen LogP contribution in [-0.2, 0) is 16.0 Å². The van der Waals surface area contributed by atoms with Crippen molar-refractivity contribution in [2.75, 3.05) is 36.5 Å². The minimum absolute atomic E-state index is 0.0322. The Bertz CT molecular complexity index is 640. The number of anilines is 2. The molecule has 1 fully saturated rings. The summed E-state index contributed by atoms with van der Waals surface area (Å²) in [6.07, 6.45) is 0.374. The lowest BCUT2D eigenvalue weighted by Crippen LogP contribution is -2.37. The average Bonchev–Trinajstić information content (AvgIpc) is 3.01. The maximum Gasteiger partial charge on any atom is 0.228 e. The third-order valence-corrected chi connectivity index (χ3v) is 4.57. The lowest BCUT2D eigenvalue weighted by Gasteiger charge is -2.31. The standard InChI is InChI=1S/C16H17ClN2O2S/c17-13-2-1-3-14(16(13)19-5-7-21-8-6-19)18-15(20)10-12-4-9-22-11-12/h1-4,9,11H,5-8,10H2,(H,18,20). The van der Waals surface area contributed by atoms with Crippen molar-refractivity contribution in [3.8, 4) is 0 Å². The van der Waals surface area contributed by atoms with Crippen LogP contribution in [0, 0.1) is 0 Å². The summed E-state index contributed by atoms with van der Waals surface area (Å²) >= 11 is 7.95. The Balaban J connectivity index is 1.77. The lowest BCUT2D eigenvalue weighted by molar-refractivity contribution is -0.115. The highest BCUT2D eigenvalue weighted by Crippen LogP contribution is 2.34. The van der Waals surface area contributed by atoms with Crippen LogP contribution in [0.25, 0.3) is 0 Å². The molecule has 4 nitrogen and oxygen atoms in total. The fourth-order valence-corrected chi connectivity index (χ4v) is 3.46. The average molecular weight is 337 g/mol. The number of thiophene rings is 1. The Morgan fingerprint density at radius 1 is 1.32 bits per heavy atom. The molecule has 1 aliphatic heterocycles. The van der Waals surface area contributed by atoms with Gasteiger partial charge in [-0.1, -0.05) is 17.7 Å². The summed E-state index contributed by atoms with van der Waals surface area (Å²) in [5, 5.41) is 7.59. The Morgan fingerprint density at radius 3 is 2.86 bits per heavy atom. The smallest absolute Gasteiger partial charge is 0.228 e. The Labute approximate surface area is 138 Å². The summed E-state index contributed by atoms with van der Waals surface area (Å²) in [4.78, 5) is 14.4. The van der Waals surface area contributed by atoms with E-state index >= 15 is 0 Å². The van der Waals surface area contributed by atoms with Gasteiger partial charge in [0.1, 0.15) is 0 Å². The van der Waals surface area contributed by atoms with E-state index in [0.29, 0.717) is 24.7 Å². The topological polar surface area (TPSA) is 41.6 Å². The SMILES string of the molecule is O=C(Cc1ccsc1)Nc1cccc(Cl)c1N1CCOCC1. The van der Waals surface area contributed by atoms with Crippen LogP contribution in [0.1, 0.15) is 5.56 Å². The number of nitrogens with zero attached hydrogens (tertiary/aromatic N) is 1. The Kier molecular flexibility index (Phi) is 4.97. The number of hydrogen-bond donors (Lipinski definition) is 1. The number of hydrogen-bond acceptors (Lipinski definition) is 4.